The fourth-order valence-electron chi connectivity index (χ4n) is 2.49. The molecule has 1 heterocycles. The molecular weight excluding hydrogens is 362 g/mol. The lowest BCUT2D eigenvalue weighted by molar-refractivity contribution is 1.33. The molecule has 4 rings (SSSR count). The Morgan fingerprint density at radius 1 is 0.875 bits per heavy atom. The van der Waals surface area contributed by atoms with Crippen LogP contribution in [-0.4, -0.2) is 16.2 Å². The van der Waals surface area contributed by atoms with Crippen molar-refractivity contribution in [3.63, 3.8) is 0 Å². The van der Waals surface area contributed by atoms with Gasteiger partial charge in [0.15, 0.2) is 0 Å². The molecule has 4 heteroatoms. The predicted molar refractivity (Wildman–Crippen MR) is 103 cm³/mol. The number of rotatable bonds is 3. The van der Waals surface area contributed by atoms with Gasteiger partial charge in [-0.2, -0.15) is 0 Å². The van der Waals surface area contributed by atoms with Crippen LogP contribution in [0.25, 0.3) is 22.4 Å². The highest BCUT2D eigenvalue weighted by Crippen LogP contribution is 2.23. The van der Waals surface area contributed by atoms with Gasteiger partial charge in [-0.3, -0.25) is 4.99 Å². The third kappa shape index (κ3) is 3.14. The number of aliphatic imine (C=N–C) groups is 1. The number of benzene rings is 3. The number of nitrogens with one attached hydrogen (secondary N) is 1. The highest BCUT2D eigenvalue weighted by molar-refractivity contribution is 9.10. The van der Waals surface area contributed by atoms with Crippen molar-refractivity contribution >= 4 is 38.9 Å². The molecule has 1 aromatic heterocycles. The molecule has 4 aromatic rings. The molecule has 0 aliphatic carbocycles. The lowest BCUT2D eigenvalue weighted by Gasteiger charge is -1.98. The van der Waals surface area contributed by atoms with Crippen molar-refractivity contribution < 1.29 is 0 Å². The van der Waals surface area contributed by atoms with Crippen molar-refractivity contribution in [3.05, 3.63) is 82.8 Å². The normalized spacial score (nSPS) is 11.4. The van der Waals surface area contributed by atoms with E-state index >= 15 is 0 Å². The Labute approximate surface area is 148 Å². The van der Waals surface area contributed by atoms with Crippen molar-refractivity contribution in [2.45, 2.75) is 0 Å². The van der Waals surface area contributed by atoms with Gasteiger partial charge in [0.2, 0.25) is 0 Å². The summed E-state index contributed by atoms with van der Waals surface area (Å²) in [7, 11) is 0. The second-order valence-electron chi connectivity index (χ2n) is 5.46. The maximum Gasteiger partial charge on any atom is 0.138 e. The Hall–Kier alpha value is -2.72. The number of imidazole rings is 1. The molecule has 0 bridgehead atoms. The Bertz CT molecular complexity index is 966. The molecule has 0 saturated heterocycles. The molecule has 0 aliphatic heterocycles. The van der Waals surface area contributed by atoms with E-state index in [2.05, 4.69) is 30.9 Å². The first kappa shape index (κ1) is 14.8. The van der Waals surface area contributed by atoms with Gasteiger partial charge in [-0.1, -0.05) is 40.2 Å². The molecule has 0 unspecified atom stereocenters. The fourth-order valence-corrected chi connectivity index (χ4v) is 2.76. The number of aromatic nitrogens is 2. The molecule has 1 N–H and O–H groups in total. The van der Waals surface area contributed by atoms with Gasteiger partial charge in [0.1, 0.15) is 5.82 Å². The second kappa shape index (κ2) is 6.42. The summed E-state index contributed by atoms with van der Waals surface area (Å²) in [6.45, 7) is 0. The van der Waals surface area contributed by atoms with Gasteiger partial charge in [-0.15, -0.1) is 0 Å². The van der Waals surface area contributed by atoms with E-state index in [1.165, 1.54) is 0 Å². The van der Waals surface area contributed by atoms with Crippen LogP contribution in [0.1, 0.15) is 5.56 Å². The average Bonchev–Trinajstić information content (AvgIpc) is 3.06. The highest BCUT2D eigenvalue weighted by atomic mass is 79.9. The zero-order chi connectivity index (χ0) is 16.4. The summed E-state index contributed by atoms with van der Waals surface area (Å²) >= 11 is 3.43. The zero-order valence-electron chi connectivity index (χ0n) is 12.8. The van der Waals surface area contributed by atoms with E-state index < -0.39 is 0 Å². The van der Waals surface area contributed by atoms with Crippen LogP contribution in [0.4, 0.5) is 5.69 Å². The number of aromatic amines is 1. The number of nitrogens with zero attached hydrogens (tertiary/aromatic N) is 2. The molecule has 0 radical (unpaired) electrons. The van der Waals surface area contributed by atoms with Gasteiger partial charge in [0.05, 0.1) is 16.7 Å². The number of H-pyrrole nitrogens is 1. The molecule has 3 aromatic carbocycles. The molecular formula is C20H14BrN3. The van der Waals surface area contributed by atoms with E-state index in [1.807, 2.05) is 79.0 Å². The maximum absolute atomic E-state index is 4.62. The van der Waals surface area contributed by atoms with E-state index in [9.17, 15) is 0 Å². The van der Waals surface area contributed by atoms with Gasteiger partial charge in [0, 0.05) is 16.3 Å². The van der Waals surface area contributed by atoms with Crippen molar-refractivity contribution in [3.8, 4) is 11.4 Å². The summed E-state index contributed by atoms with van der Waals surface area (Å²) in [6, 6.07) is 24.2. The molecule has 116 valence electrons. The molecule has 3 nitrogen and oxygen atoms in total. The number of para-hydroxylation sites is 2. The van der Waals surface area contributed by atoms with Gasteiger partial charge < -0.3 is 4.98 Å². The lowest BCUT2D eigenvalue weighted by Crippen LogP contribution is -1.81. The third-order valence-corrected chi connectivity index (χ3v) is 4.29. The van der Waals surface area contributed by atoms with E-state index in [1.54, 1.807) is 0 Å². The largest absolute Gasteiger partial charge is 0.338 e. The molecule has 0 aliphatic rings. The Morgan fingerprint density at radius 3 is 2.38 bits per heavy atom. The zero-order valence-corrected chi connectivity index (χ0v) is 14.4. The number of hydrogen-bond acceptors (Lipinski definition) is 2. The standard InChI is InChI=1S/C20H14BrN3/c21-16-9-5-14(6-10-16)13-22-17-11-7-15(8-12-17)20-23-18-3-1-2-4-19(18)24-20/h1-13H,(H,23,24). The first-order valence-electron chi connectivity index (χ1n) is 7.63. The first-order chi connectivity index (χ1) is 11.8. The van der Waals surface area contributed by atoms with Crippen LogP contribution in [-0.2, 0) is 0 Å². The van der Waals surface area contributed by atoms with E-state index in [0.717, 1.165) is 38.1 Å². The van der Waals surface area contributed by atoms with Crippen LogP contribution < -0.4 is 0 Å². The van der Waals surface area contributed by atoms with Crippen molar-refractivity contribution in [1.82, 2.24) is 9.97 Å². The quantitative estimate of drug-likeness (QED) is 0.455. The van der Waals surface area contributed by atoms with Crippen LogP contribution in [0.5, 0.6) is 0 Å². The molecule has 0 saturated carbocycles. The minimum atomic E-state index is 0.875. The van der Waals surface area contributed by atoms with E-state index in [4.69, 9.17) is 0 Å². The topological polar surface area (TPSA) is 41.0 Å². The van der Waals surface area contributed by atoms with Gasteiger partial charge in [0.25, 0.3) is 0 Å². The van der Waals surface area contributed by atoms with Crippen LogP contribution in [0.2, 0.25) is 0 Å². The molecule has 0 fully saturated rings. The number of halogens is 1. The minimum absolute atomic E-state index is 0.875. The second-order valence-corrected chi connectivity index (χ2v) is 6.37. The van der Waals surface area contributed by atoms with Gasteiger partial charge >= 0.3 is 0 Å². The van der Waals surface area contributed by atoms with Crippen molar-refractivity contribution in [2.24, 2.45) is 4.99 Å². The monoisotopic (exact) mass is 375 g/mol. The van der Waals surface area contributed by atoms with E-state index in [0.29, 0.717) is 0 Å². The summed E-state index contributed by atoms with van der Waals surface area (Å²) < 4.78 is 1.06. The average molecular weight is 376 g/mol. The van der Waals surface area contributed by atoms with E-state index in [-0.39, 0.29) is 0 Å². The predicted octanol–water partition coefficient (Wildman–Crippen LogP) is 5.74. The third-order valence-electron chi connectivity index (χ3n) is 3.76. The van der Waals surface area contributed by atoms with Crippen LogP contribution in [0.15, 0.2) is 82.3 Å². The molecule has 24 heavy (non-hydrogen) atoms. The molecule has 0 spiro atoms. The van der Waals surface area contributed by atoms with Crippen LogP contribution in [0.3, 0.4) is 0 Å². The van der Waals surface area contributed by atoms with Crippen molar-refractivity contribution in [1.29, 1.82) is 0 Å². The number of fused-ring (bicyclic) bond motifs is 1. The summed E-state index contributed by atoms with van der Waals surface area (Å²) in [6.07, 6.45) is 1.86. The Morgan fingerprint density at radius 2 is 1.62 bits per heavy atom. The highest BCUT2D eigenvalue weighted by Gasteiger charge is 2.04. The smallest absolute Gasteiger partial charge is 0.138 e. The van der Waals surface area contributed by atoms with Gasteiger partial charge in [-0.05, 0) is 54.1 Å². The summed E-state index contributed by atoms with van der Waals surface area (Å²) in [5.41, 5.74) is 5.06. The van der Waals surface area contributed by atoms with Crippen LogP contribution in [0, 0.1) is 0 Å². The summed E-state index contributed by atoms with van der Waals surface area (Å²) in [5.74, 6) is 0.875. The molecule has 0 atom stereocenters. The fraction of sp³-hybridized carbons (Fsp3) is 0. The minimum Gasteiger partial charge on any atom is -0.338 e. The molecule has 0 amide bonds. The Balaban J connectivity index is 1.57. The summed E-state index contributed by atoms with van der Waals surface area (Å²) in [4.78, 5) is 12.5. The summed E-state index contributed by atoms with van der Waals surface area (Å²) in [5, 5.41) is 0. The lowest BCUT2D eigenvalue weighted by atomic mass is 10.2. The maximum atomic E-state index is 4.62. The van der Waals surface area contributed by atoms with Gasteiger partial charge in [-0.25, -0.2) is 4.98 Å². The van der Waals surface area contributed by atoms with Crippen LogP contribution >= 0.6 is 15.9 Å². The van der Waals surface area contributed by atoms with Crippen molar-refractivity contribution in [2.75, 3.05) is 0 Å². The first-order valence-corrected chi connectivity index (χ1v) is 8.42. The SMILES string of the molecule is Brc1ccc(C=Nc2ccc(-c3nc4ccccc4[nH]3)cc2)cc1. The number of hydrogen-bond donors (Lipinski definition) is 1. The Kier molecular flexibility index (Phi) is 3.97.